The number of anilines is 1. The molecule has 8 nitrogen and oxygen atoms in total. The number of carboxylic acids is 1. The minimum absolute atomic E-state index is 0.216. The second kappa shape index (κ2) is 9.07. The summed E-state index contributed by atoms with van der Waals surface area (Å²) >= 11 is 0. The molecule has 6 rings (SSSR count). The molecule has 0 aliphatic carbocycles. The van der Waals surface area contributed by atoms with E-state index >= 15 is 0 Å². The Kier molecular flexibility index (Phi) is 5.46. The molecule has 1 aliphatic rings. The van der Waals surface area contributed by atoms with E-state index < -0.39 is 5.97 Å². The maximum Gasteiger partial charge on any atom is 0.336 e. The first kappa shape index (κ1) is 21.7. The monoisotopic (exact) mass is 474 g/mol. The molecule has 0 bridgehead atoms. The van der Waals surface area contributed by atoms with Crippen molar-refractivity contribution in [2.45, 2.75) is 6.42 Å². The van der Waals surface area contributed by atoms with Crippen molar-refractivity contribution in [3.8, 4) is 22.5 Å². The Morgan fingerprint density at radius 1 is 0.861 bits per heavy atom. The van der Waals surface area contributed by atoms with Crippen LogP contribution in [-0.2, 0) is 0 Å². The van der Waals surface area contributed by atoms with Gasteiger partial charge in [0.15, 0.2) is 11.5 Å². The van der Waals surface area contributed by atoms with Crippen LogP contribution in [-0.4, -0.2) is 49.6 Å². The molecular weight excluding hydrogens is 452 g/mol. The van der Waals surface area contributed by atoms with Crippen molar-refractivity contribution in [3.63, 3.8) is 0 Å². The number of nitrogens with zero attached hydrogens (tertiary/aromatic N) is 6. The van der Waals surface area contributed by atoms with Gasteiger partial charge in [0.25, 0.3) is 0 Å². The lowest BCUT2D eigenvalue weighted by molar-refractivity contribution is 0.0696. The fraction of sp³-hybridized carbons (Fsp3) is 0.107. The van der Waals surface area contributed by atoms with Gasteiger partial charge in [-0.2, -0.15) is 4.52 Å². The van der Waals surface area contributed by atoms with Crippen molar-refractivity contribution in [2.75, 3.05) is 18.0 Å². The van der Waals surface area contributed by atoms with Crippen molar-refractivity contribution in [1.29, 1.82) is 0 Å². The van der Waals surface area contributed by atoms with Gasteiger partial charge in [0, 0.05) is 36.6 Å². The Morgan fingerprint density at radius 3 is 2.44 bits per heavy atom. The van der Waals surface area contributed by atoms with E-state index in [1.807, 2.05) is 64.0 Å². The predicted molar refractivity (Wildman–Crippen MR) is 138 cm³/mol. The zero-order valence-corrected chi connectivity index (χ0v) is 19.3. The molecule has 3 aromatic heterocycles. The topological polar surface area (TPSA) is 96.0 Å². The number of aliphatic imine (C=N–C) groups is 1. The number of carbonyl (C=O) groups is 1. The number of amidine groups is 1. The van der Waals surface area contributed by atoms with Gasteiger partial charge in [-0.1, -0.05) is 48.5 Å². The fourth-order valence-electron chi connectivity index (χ4n) is 4.50. The summed E-state index contributed by atoms with van der Waals surface area (Å²) in [4.78, 5) is 27.8. The molecule has 0 radical (unpaired) electrons. The van der Waals surface area contributed by atoms with Crippen molar-refractivity contribution < 1.29 is 9.90 Å². The molecule has 1 aliphatic heterocycles. The molecule has 0 spiro atoms. The molecule has 36 heavy (non-hydrogen) atoms. The highest BCUT2D eigenvalue weighted by molar-refractivity contribution is 6.15. The molecular formula is C28H22N6O2. The molecule has 0 saturated heterocycles. The van der Waals surface area contributed by atoms with Crippen molar-refractivity contribution in [1.82, 2.24) is 19.6 Å². The molecule has 0 fully saturated rings. The van der Waals surface area contributed by atoms with Crippen LogP contribution in [0.4, 0.5) is 5.82 Å². The van der Waals surface area contributed by atoms with Crippen LogP contribution in [0.2, 0.25) is 0 Å². The number of aromatic nitrogens is 4. The summed E-state index contributed by atoms with van der Waals surface area (Å²) in [6.45, 7) is 1.29. The summed E-state index contributed by atoms with van der Waals surface area (Å²) in [5, 5.41) is 14.7. The third-order valence-electron chi connectivity index (χ3n) is 6.20. The van der Waals surface area contributed by atoms with E-state index in [4.69, 9.17) is 15.1 Å². The lowest BCUT2D eigenvalue weighted by Crippen LogP contribution is -2.38. The molecule has 0 amide bonds. The number of hydrogen-bond donors (Lipinski definition) is 1. The van der Waals surface area contributed by atoms with E-state index in [-0.39, 0.29) is 5.56 Å². The summed E-state index contributed by atoms with van der Waals surface area (Å²) in [7, 11) is 0. The number of hydrogen-bond acceptors (Lipinski definition) is 6. The van der Waals surface area contributed by atoms with Crippen LogP contribution in [0.15, 0.2) is 96.2 Å². The van der Waals surface area contributed by atoms with Crippen LogP contribution in [0.1, 0.15) is 22.3 Å². The SMILES string of the molecule is O=C(O)c1ccccc1C1=NCCCN1c1cc(-c2ccncc2)cc2nc(-c3ccccc3)nn12. The van der Waals surface area contributed by atoms with Gasteiger partial charge in [-0.05, 0) is 47.9 Å². The fourth-order valence-corrected chi connectivity index (χ4v) is 4.50. The highest BCUT2D eigenvalue weighted by Gasteiger charge is 2.26. The zero-order chi connectivity index (χ0) is 24.5. The third-order valence-corrected chi connectivity index (χ3v) is 6.20. The third kappa shape index (κ3) is 3.88. The van der Waals surface area contributed by atoms with Gasteiger partial charge in [0.05, 0.1) is 5.56 Å². The van der Waals surface area contributed by atoms with Gasteiger partial charge in [-0.15, -0.1) is 5.10 Å². The molecule has 0 saturated carbocycles. The Morgan fingerprint density at radius 2 is 1.64 bits per heavy atom. The van der Waals surface area contributed by atoms with Crippen molar-refractivity contribution in [3.05, 3.63) is 102 Å². The van der Waals surface area contributed by atoms with Crippen LogP contribution in [0, 0.1) is 0 Å². The van der Waals surface area contributed by atoms with Gasteiger partial charge >= 0.3 is 5.97 Å². The maximum atomic E-state index is 12.0. The minimum atomic E-state index is -0.985. The van der Waals surface area contributed by atoms with Crippen LogP contribution >= 0.6 is 0 Å². The number of fused-ring (bicyclic) bond motifs is 1. The normalized spacial score (nSPS) is 13.6. The lowest BCUT2D eigenvalue weighted by Gasteiger charge is -2.30. The Hall–Kier alpha value is -4.85. The first-order chi connectivity index (χ1) is 17.7. The average molecular weight is 475 g/mol. The van der Waals surface area contributed by atoms with Crippen molar-refractivity contribution >= 4 is 23.3 Å². The summed E-state index contributed by atoms with van der Waals surface area (Å²) in [6.07, 6.45) is 4.35. The number of carboxylic acid groups (broad SMARTS) is 1. The number of aromatic carboxylic acids is 1. The minimum Gasteiger partial charge on any atom is -0.478 e. The van der Waals surface area contributed by atoms with E-state index in [9.17, 15) is 9.90 Å². The standard InChI is InChI=1S/C28H22N6O2/c35-28(36)23-10-5-4-9-22(23)27-30-13-6-16-33(27)25-18-21(19-11-14-29-15-12-19)17-24-31-26(32-34(24)25)20-7-2-1-3-8-20/h1-5,7-12,14-15,17-18H,6,13,16H2,(H,35,36). The number of rotatable bonds is 5. The van der Waals surface area contributed by atoms with Crippen LogP contribution in [0.25, 0.3) is 28.2 Å². The smallest absolute Gasteiger partial charge is 0.336 e. The van der Waals surface area contributed by atoms with Crippen LogP contribution < -0.4 is 4.90 Å². The van der Waals surface area contributed by atoms with Gasteiger partial charge in [0.2, 0.25) is 0 Å². The van der Waals surface area contributed by atoms with E-state index in [1.165, 1.54) is 0 Å². The first-order valence-corrected chi connectivity index (χ1v) is 11.7. The van der Waals surface area contributed by atoms with Crippen LogP contribution in [0.5, 0.6) is 0 Å². The summed E-state index contributed by atoms with van der Waals surface area (Å²) in [5.41, 5.74) is 4.36. The Balaban J connectivity index is 1.57. The highest BCUT2D eigenvalue weighted by atomic mass is 16.4. The zero-order valence-electron chi connectivity index (χ0n) is 19.3. The van der Waals surface area contributed by atoms with Gasteiger partial charge in [-0.3, -0.25) is 9.98 Å². The van der Waals surface area contributed by atoms with E-state index in [0.717, 1.165) is 28.9 Å². The van der Waals surface area contributed by atoms with Gasteiger partial charge in [-0.25, -0.2) is 9.78 Å². The second-order valence-electron chi connectivity index (χ2n) is 8.47. The highest BCUT2D eigenvalue weighted by Crippen LogP contribution is 2.30. The van der Waals surface area contributed by atoms with Gasteiger partial charge < -0.3 is 10.0 Å². The van der Waals surface area contributed by atoms with Crippen LogP contribution in [0.3, 0.4) is 0 Å². The Labute approximate surface area is 207 Å². The van der Waals surface area contributed by atoms with E-state index in [2.05, 4.69) is 11.1 Å². The predicted octanol–water partition coefficient (Wildman–Crippen LogP) is 4.81. The molecule has 1 N–H and O–H groups in total. The second-order valence-corrected chi connectivity index (χ2v) is 8.47. The van der Waals surface area contributed by atoms with Gasteiger partial charge in [0.1, 0.15) is 11.7 Å². The average Bonchev–Trinajstić information content (AvgIpc) is 3.38. The molecule has 5 aromatic rings. The largest absolute Gasteiger partial charge is 0.478 e. The summed E-state index contributed by atoms with van der Waals surface area (Å²) < 4.78 is 1.82. The molecule has 2 aromatic carbocycles. The lowest BCUT2D eigenvalue weighted by atomic mass is 10.0. The summed E-state index contributed by atoms with van der Waals surface area (Å²) in [6, 6.07) is 24.8. The first-order valence-electron chi connectivity index (χ1n) is 11.7. The molecule has 0 atom stereocenters. The molecule has 8 heteroatoms. The molecule has 4 heterocycles. The van der Waals surface area contributed by atoms with E-state index in [0.29, 0.717) is 36.0 Å². The maximum absolute atomic E-state index is 12.0. The van der Waals surface area contributed by atoms with Crippen molar-refractivity contribution in [2.24, 2.45) is 4.99 Å². The molecule has 0 unspecified atom stereocenters. The quantitative estimate of drug-likeness (QED) is 0.393. The van der Waals surface area contributed by atoms with E-state index in [1.54, 1.807) is 30.6 Å². The number of pyridine rings is 2. The Bertz CT molecular complexity index is 1600. The molecule has 176 valence electrons. The summed E-state index contributed by atoms with van der Waals surface area (Å²) in [5.74, 6) is 1.02. The number of benzene rings is 2.